The summed E-state index contributed by atoms with van der Waals surface area (Å²) in [6.07, 6.45) is 5.72. The molecule has 3 aromatic heterocycles. The van der Waals surface area contributed by atoms with Crippen LogP contribution in [0.4, 0.5) is 0 Å². The number of hydrogen-bond donors (Lipinski definition) is 1. The Hall–Kier alpha value is -3.41. The van der Waals surface area contributed by atoms with E-state index in [2.05, 4.69) is 27.9 Å². The zero-order chi connectivity index (χ0) is 22.2. The monoisotopic (exact) mass is 431 g/mol. The quantitative estimate of drug-likeness (QED) is 0.469. The molecule has 0 aliphatic carbocycles. The Morgan fingerprint density at radius 2 is 2.00 bits per heavy atom. The molecule has 6 heteroatoms. The van der Waals surface area contributed by atoms with Crippen molar-refractivity contribution in [3.63, 3.8) is 0 Å². The maximum atomic E-state index is 13.3. The number of hydrogen-bond acceptors (Lipinski definition) is 3. The molecule has 4 heterocycles. The Bertz CT molecular complexity index is 1240. The molecule has 32 heavy (non-hydrogen) atoms. The van der Waals surface area contributed by atoms with Crippen LogP contribution >= 0.6 is 0 Å². The van der Waals surface area contributed by atoms with Crippen LogP contribution in [0.25, 0.3) is 10.9 Å². The molecule has 5 rings (SSSR count). The first kappa shape index (κ1) is 20.5. The number of rotatable bonds is 5. The topological polar surface area (TPSA) is 63.4 Å². The van der Waals surface area contributed by atoms with Crippen LogP contribution in [-0.2, 0) is 6.54 Å². The van der Waals surface area contributed by atoms with Gasteiger partial charge in [-0.1, -0.05) is 0 Å². The highest BCUT2D eigenvalue weighted by Crippen LogP contribution is 2.35. The minimum absolute atomic E-state index is 0.128. The molecule has 1 saturated heterocycles. The maximum absolute atomic E-state index is 13.3. The number of aromatic amines is 1. The second kappa shape index (κ2) is 8.26. The van der Waals surface area contributed by atoms with Gasteiger partial charge in [0.25, 0.3) is 5.91 Å². The molecule has 0 atom stereocenters. The molecule has 1 amide bonds. The molecule has 4 aromatic rings. The van der Waals surface area contributed by atoms with E-state index in [1.54, 1.807) is 13.4 Å². The van der Waals surface area contributed by atoms with Crippen LogP contribution in [0.2, 0.25) is 0 Å². The number of carbonyl (C=O) groups excluding carboxylic acids is 1. The summed E-state index contributed by atoms with van der Waals surface area (Å²) in [4.78, 5) is 18.7. The molecular weight excluding hydrogens is 402 g/mol. The fourth-order valence-electron chi connectivity index (χ4n) is 4.97. The lowest BCUT2D eigenvalue weighted by Crippen LogP contribution is -2.38. The van der Waals surface area contributed by atoms with Crippen molar-refractivity contribution in [1.29, 1.82) is 0 Å². The van der Waals surface area contributed by atoms with Crippen molar-refractivity contribution >= 4 is 16.8 Å². The average molecular weight is 432 g/mol. The molecular formula is C26H29N3O3. The number of aryl methyl sites for hydroxylation is 1. The minimum atomic E-state index is 0.128. The van der Waals surface area contributed by atoms with Crippen LogP contribution in [0.1, 0.15) is 51.8 Å². The number of methoxy groups -OCH3 is 1. The number of ether oxygens (including phenoxy) is 1. The standard InChI is InChI=1S/C26H29N3O3/c1-17-13-22(18(2)29(17)16-21-5-4-12-32-21)26(30)28-10-8-19(9-11-28)24-15-27-25-7-6-20(31-3)14-23(24)25/h4-7,12-15,19,27H,8-11,16H2,1-3H3. The van der Waals surface area contributed by atoms with Gasteiger partial charge in [0.15, 0.2) is 0 Å². The highest BCUT2D eigenvalue weighted by atomic mass is 16.5. The molecule has 0 spiro atoms. The molecule has 6 nitrogen and oxygen atoms in total. The second-order valence-corrected chi connectivity index (χ2v) is 8.67. The summed E-state index contributed by atoms with van der Waals surface area (Å²) in [5, 5.41) is 1.22. The Morgan fingerprint density at radius 1 is 1.19 bits per heavy atom. The van der Waals surface area contributed by atoms with E-state index in [0.29, 0.717) is 12.5 Å². The molecule has 1 aromatic carbocycles. The van der Waals surface area contributed by atoms with Crippen molar-refractivity contribution in [2.45, 2.75) is 39.2 Å². The summed E-state index contributed by atoms with van der Waals surface area (Å²) >= 11 is 0. The van der Waals surface area contributed by atoms with Crippen molar-refractivity contribution in [3.8, 4) is 5.75 Å². The van der Waals surface area contributed by atoms with E-state index >= 15 is 0 Å². The van der Waals surface area contributed by atoms with Crippen LogP contribution in [0.15, 0.2) is 53.3 Å². The number of furan rings is 1. The van der Waals surface area contributed by atoms with Crippen molar-refractivity contribution in [1.82, 2.24) is 14.5 Å². The van der Waals surface area contributed by atoms with Crippen LogP contribution in [0.5, 0.6) is 5.75 Å². The van der Waals surface area contributed by atoms with Gasteiger partial charge in [-0.15, -0.1) is 0 Å². The lowest BCUT2D eigenvalue weighted by atomic mass is 9.89. The molecule has 1 N–H and O–H groups in total. The second-order valence-electron chi connectivity index (χ2n) is 8.67. The van der Waals surface area contributed by atoms with Crippen LogP contribution in [-0.4, -0.2) is 40.6 Å². The third kappa shape index (κ3) is 3.60. The molecule has 0 unspecified atom stereocenters. The number of amides is 1. The Kier molecular flexibility index (Phi) is 5.29. The SMILES string of the molecule is COc1ccc2[nH]cc(C3CCN(C(=O)c4cc(C)n(Cc5ccco5)c4C)CC3)c2c1. The average Bonchev–Trinajstić information content (AvgIpc) is 3.54. The number of benzene rings is 1. The predicted octanol–water partition coefficient (Wildman–Crippen LogP) is 5.26. The van der Waals surface area contributed by atoms with E-state index in [4.69, 9.17) is 9.15 Å². The van der Waals surface area contributed by atoms with E-state index in [0.717, 1.165) is 59.9 Å². The summed E-state index contributed by atoms with van der Waals surface area (Å²) in [6.45, 7) is 6.24. The summed E-state index contributed by atoms with van der Waals surface area (Å²) in [5.41, 5.74) is 5.31. The highest BCUT2D eigenvalue weighted by Gasteiger charge is 2.28. The number of fused-ring (bicyclic) bond motifs is 1. The van der Waals surface area contributed by atoms with Crippen LogP contribution < -0.4 is 4.74 Å². The van der Waals surface area contributed by atoms with Crippen molar-refractivity contribution in [2.24, 2.45) is 0 Å². The highest BCUT2D eigenvalue weighted by molar-refractivity contribution is 5.96. The van der Waals surface area contributed by atoms with Crippen LogP contribution in [0.3, 0.4) is 0 Å². The largest absolute Gasteiger partial charge is 0.497 e. The van der Waals surface area contributed by atoms with Gasteiger partial charge in [0.1, 0.15) is 11.5 Å². The molecule has 0 saturated carbocycles. The Labute approximate surface area is 187 Å². The predicted molar refractivity (Wildman–Crippen MR) is 124 cm³/mol. The molecule has 0 radical (unpaired) electrons. The lowest BCUT2D eigenvalue weighted by molar-refractivity contribution is 0.0712. The maximum Gasteiger partial charge on any atom is 0.255 e. The first-order valence-electron chi connectivity index (χ1n) is 11.2. The van der Waals surface area contributed by atoms with Gasteiger partial charge in [-0.25, -0.2) is 0 Å². The molecule has 1 fully saturated rings. The van der Waals surface area contributed by atoms with Gasteiger partial charge in [0.05, 0.1) is 25.5 Å². The van der Waals surface area contributed by atoms with Gasteiger partial charge >= 0.3 is 0 Å². The number of carbonyl (C=O) groups is 1. The number of nitrogens with zero attached hydrogens (tertiary/aromatic N) is 2. The summed E-state index contributed by atoms with van der Waals surface area (Å²) < 4.78 is 13.1. The van der Waals surface area contributed by atoms with Crippen molar-refractivity contribution in [2.75, 3.05) is 20.2 Å². The van der Waals surface area contributed by atoms with E-state index in [9.17, 15) is 4.79 Å². The first-order valence-corrected chi connectivity index (χ1v) is 11.2. The number of nitrogens with one attached hydrogen (secondary N) is 1. The number of likely N-dealkylation sites (tertiary alicyclic amines) is 1. The normalized spacial score (nSPS) is 14.9. The molecule has 1 aliphatic heterocycles. The van der Waals surface area contributed by atoms with E-state index in [-0.39, 0.29) is 5.91 Å². The van der Waals surface area contributed by atoms with E-state index < -0.39 is 0 Å². The van der Waals surface area contributed by atoms with Crippen LogP contribution in [0, 0.1) is 13.8 Å². The fourth-order valence-corrected chi connectivity index (χ4v) is 4.97. The Balaban J connectivity index is 1.30. The van der Waals surface area contributed by atoms with Crippen molar-refractivity contribution in [3.05, 3.63) is 77.1 Å². The van der Waals surface area contributed by atoms with Gasteiger partial charge in [0, 0.05) is 41.6 Å². The molecule has 0 bridgehead atoms. The third-order valence-electron chi connectivity index (χ3n) is 6.84. The third-order valence-corrected chi connectivity index (χ3v) is 6.84. The number of piperidine rings is 1. The first-order chi connectivity index (χ1) is 15.5. The fraction of sp³-hybridized carbons (Fsp3) is 0.346. The zero-order valence-corrected chi connectivity index (χ0v) is 18.9. The Morgan fingerprint density at radius 3 is 2.72 bits per heavy atom. The molecule has 166 valence electrons. The molecule has 1 aliphatic rings. The number of H-pyrrole nitrogens is 1. The van der Waals surface area contributed by atoms with E-state index in [1.807, 2.05) is 43.0 Å². The van der Waals surface area contributed by atoms with Gasteiger partial charge in [-0.2, -0.15) is 0 Å². The summed E-state index contributed by atoms with van der Waals surface area (Å²) in [5.74, 6) is 2.33. The minimum Gasteiger partial charge on any atom is -0.497 e. The summed E-state index contributed by atoms with van der Waals surface area (Å²) in [7, 11) is 1.70. The van der Waals surface area contributed by atoms with E-state index in [1.165, 1.54) is 10.9 Å². The van der Waals surface area contributed by atoms with Gasteiger partial charge in [-0.05, 0) is 74.6 Å². The van der Waals surface area contributed by atoms with Gasteiger partial charge < -0.3 is 23.6 Å². The zero-order valence-electron chi connectivity index (χ0n) is 18.9. The lowest BCUT2D eigenvalue weighted by Gasteiger charge is -2.32. The van der Waals surface area contributed by atoms with Gasteiger partial charge in [0.2, 0.25) is 0 Å². The summed E-state index contributed by atoms with van der Waals surface area (Å²) in [6, 6.07) is 12.0. The van der Waals surface area contributed by atoms with Gasteiger partial charge in [-0.3, -0.25) is 4.79 Å². The van der Waals surface area contributed by atoms with Crippen molar-refractivity contribution < 1.29 is 13.9 Å². The smallest absolute Gasteiger partial charge is 0.255 e. The number of aromatic nitrogens is 2.